The Bertz CT molecular complexity index is 611. The van der Waals surface area contributed by atoms with E-state index in [1.165, 1.54) is 5.56 Å². The first kappa shape index (κ1) is 18.1. The van der Waals surface area contributed by atoms with Crippen molar-refractivity contribution < 1.29 is 9.90 Å². The highest BCUT2D eigenvalue weighted by molar-refractivity contribution is 5.73. The van der Waals surface area contributed by atoms with E-state index in [1.54, 1.807) is 6.92 Å². The van der Waals surface area contributed by atoms with Gasteiger partial charge in [-0.25, -0.2) is 4.98 Å². The van der Waals surface area contributed by atoms with E-state index in [9.17, 15) is 9.90 Å². The summed E-state index contributed by atoms with van der Waals surface area (Å²) in [6.07, 6.45) is 5.47. The maximum absolute atomic E-state index is 11.5. The van der Waals surface area contributed by atoms with Crippen LogP contribution in [0.1, 0.15) is 44.2 Å². The summed E-state index contributed by atoms with van der Waals surface area (Å²) >= 11 is 0. The summed E-state index contributed by atoms with van der Waals surface area (Å²) in [5.41, 5.74) is 0.590. The molecular weight excluding hydrogens is 316 g/mol. The average molecular weight is 346 g/mol. The molecule has 3 rings (SSSR count). The summed E-state index contributed by atoms with van der Waals surface area (Å²) in [6, 6.07) is 4.60. The number of hydrogen-bond donors (Lipinski definition) is 1. The second kappa shape index (κ2) is 7.30. The van der Waals surface area contributed by atoms with Crippen LogP contribution >= 0.6 is 0 Å². The van der Waals surface area contributed by atoms with Crippen LogP contribution in [0, 0.1) is 0 Å². The van der Waals surface area contributed by atoms with Gasteiger partial charge in [-0.2, -0.15) is 0 Å². The maximum Gasteiger partial charge on any atom is 0.219 e. The number of nitrogens with zero attached hydrogens (tertiary/aromatic N) is 4. The number of pyridine rings is 1. The number of aromatic nitrogens is 1. The molecule has 1 aromatic rings. The number of hydrogen-bond acceptors (Lipinski definition) is 5. The van der Waals surface area contributed by atoms with Gasteiger partial charge in [-0.15, -0.1) is 0 Å². The Hall–Kier alpha value is -1.66. The van der Waals surface area contributed by atoms with E-state index < -0.39 is 5.60 Å². The van der Waals surface area contributed by atoms with Crippen LogP contribution in [0.25, 0.3) is 0 Å². The van der Waals surface area contributed by atoms with E-state index in [0.29, 0.717) is 38.5 Å². The van der Waals surface area contributed by atoms with Crippen LogP contribution in [0.5, 0.6) is 0 Å². The van der Waals surface area contributed by atoms with Gasteiger partial charge >= 0.3 is 0 Å². The summed E-state index contributed by atoms with van der Waals surface area (Å²) < 4.78 is 0. The Balaban J connectivity index is 1.68. The number of piperidine rings is 1. The zero-order chi connectivity index (χ0) is 18.0. The summed E-state index contributed by atoms with van der Waals surface area (Å²) in [7, 11) is 4.01. The van der Waals surface area contributed by atoms with E-state index in [4.69, 9.17) is 0 Å². The molecule has 0 bridgehead atoms. The maximum atomic E-state index is 11.5. The molecule has 1 aromatic heterocycles. The Morgan fingerprint density at radius 1 is 1.36 bits per heavy atom. The minimum absolute atomic E-state index is 0.106. The molecule has 2 fully saturated rings. The quantitative estimate of drug-likeness (QED) is 0.898. The van der Waals surface area contributed by atoms with Gasteiger partial charge < -0.3 is 14.9 Å². The van der Waals surface area contributed by atoms with E-state index in [-0.39, 0.29) is 5.91 Å². The standard InChI is InChI=1S/C19H30N4O2/c1-15(24)22-11-7-19(25,8-12-22)14-23-10-4-5-17(23)16-6-9-20-18(13-16)21(2)3/h6,9,13,17,25H,4-5,7-8,10-12,14H2,1-3H3/t17-/m1/s1. The third-order valence-corrected chi connectivity index (χ3v) is 5.61. The molecule has 2 aliphatic heterocycles. The molecule has 3 heterocycles. The van der Waals surface area contributed by atoms with Crippen LogP contribution in [-0.4, -0.2) is 71.7 Å². The number of rotatable bonds is 4. The molecule has 0 spiro atoms. The molecule has 2 saturated heterocycles. The van der Waals surface area contributed by atoms with Gasteiger partial charge in [0.2, 0.25) is 5.91 Å². The number of carbonyl (C=O) groups is 1. The van der Waals surface area contributed by atoms with Crippen LogP contribution < -0.4 is 4.90 Å². The normalized spacial score (nSPS) is 23.7. The SMILES string of the molecule is CC(=O)N1CCC(O)(CN2CCC[C@@H]2c2ccnc(N(C)C)c2)CC1. The molecule has 1 atom stereocenters. The molecule has 1 N–H and O–H groups in total. The number of β-amino-alcohol motifs (C(OH)–C–C–N with tert-alkyl or cyclic N) is 1. The molecule has 138 valence electrons. The van der Waals surface area contributed by atoms with E-state index >= 15 is 0 Å². The highest BCUT2D eigenvalue weighted by atomic mass is 16.3. The number of anilines is 1. The van der Waals surface area contributed by atoms with Gasteiger partial charge in [0.05, 0.1) is 5.60 Å². The monoisotopic (exact) mass is 346 g/mol. The van der Waals surface area contributed by atoms with Crippen molar-refractivity contribution in [3.05, 3.63) is 23.9 Å². The van der Waals surface area contributed by atoms with Gasteiger partial charge in [-0.1, -0.05) is 0 Å². The first-order valence-electron chi connectivity index (χ1n) is 9.23. The number of amides is 1. The van der Waals surface area contributed by atoms with Crippen molar-refractivity contribution >= 4 is 11.7 Å². The van der Waals surface area contributed by atoms with Gasteiger partial charge in [-0.05, 0) is 49.9 Å². The summed E-state index contributed by atoms with van der Waals surface area (Å²) in [6.45, 7) is 4.62. The summed E-state index contributed by atoms with van der Waals surface area (Å²) in [4.78, 5) is 22.2. The molecular formula is C19H30N4O2. The molecule has 0 unspecified atom stereocenters. The fourth-order valence-electron chi connectivity index (χ4n) is 4.05. The van der Waals surface area contributed by atoms with Crippen LogP contribution in [0.3, 0.4) is 0 Å². The minimum Gasteiger partial charge on any atom is -0.388 e. The number of aliphatic hydroxyl groups is 1. The molecule has 2 aliphatic rings. The molecule has 0 aliphatic carbocycles. The highest BCUT2D eigenvalue weighted by Crippen LogP contribution is 2.35. The largest absolute Gasteiger partial charge is 0.388 e. The van der Waals surface area contributed by atoms with Gasteiger partial charge in [0.1, 0.15) is 5.82 Å². The fraction of sp³-hybridized carbons (Fsp3) is 0.684. The molecule has 6 heteroatoms. The van der Waals surface area contributed by atoms with Crippen molar-refractivity contribution in [2.45, 2.75) is 44.2 Å². The van der Waals surface area contributed by atoms with Crippen molar-refractivity contribution in [2.75, 3.05) is 45.2 Å². The van der Waals surface area contributed by atoms with E-state index in [1.807, 2.05) is 30.1 Å². The predicted molar refractivity (Wildman–Crippen MR) is 98.5 cm³/mol. The molecule has 0 saturated carbocycles. The Morgan fingerprint density at radius 3 is 2.72 bits per heavy atom. The zero-order valence-corrected chi connectivity index (χ0v) is 15.6. The average Bonchev–Trinajstić information content (AvgIpc) is 3.02. The van der Waals surface area contributed by atoms with Gasteiger partial charge in [-0.3, -0.25) is 9.69 Å². The van der Waals surface area contributed by atoms with Crippen molar-refractivity contribution in [1.82, 2.24) is 14.8 Å². The number of likely N-dealkylation sites (tertiary alicyclic amines) is 2. The Labute approximate surface area is 150 Å². The van der Waals surface area contributed by atoms with Gasteiger partial charge in [0.25, 0.3) is 0 Å². The van der Waals surface area contributed by atoms with Crippen molar-refractivity contribution in [3.8, 4) is 0 Å². The molecule has 6 nitrogen and oxygen atoms in total. The second-order valence-corrected chi connectivity index (χ2v) is 7.70. The smallest absolute Gasteiger partial charge is 0.219 e. The lowest BCUT2D eigenvalue weighted by atomic mass is 9.90. The van der Waals surface area contributed by atoms with Crippen molar-refractivity contribution in [2.24, 2.45) is 0 Å². The lowest BCUT2D eigenvalue weighted by Crippen LogP contribution is -2.51. The topological polar surface area (TPSA) is 59.9 Å². The van der Waals surface area contributed by atoms with E-state index in [2.05, 4.69) is 22.0 Å². The second-order valence-electron chi connectivity index (χ2n) is 7.70. The molecule has 0 radical (unpaired) electrons. The highest BCUT2D eigenvalue weighted by Gasteiger charge is 2.38. The predicted octanol–water partition coefficient (Wildman–Crippen LogP) is 1.66. The molecule has 25 heavy (non-hydrogen) atoms. The van der Waals surface area contributed by atoms with E-state index in [0.717, 1.165) is 25.2 Å². The lowest BCUT2D eigenvalue weighted by Gasteiger charge is -2.41. The van der Waals surface area contributed by atoms with Crippen LogP contribution in [0.4, 0.5) is 5.82 Å². The lowest BCUT2D eigenvalue weighted by molar-refractivity contribution is -0.133. The summed E-state index contributed by atoms with van der Waals surface area (Å²) in [5, 5.41) is 11.0. The van der Waals surface area contributed by atoms with Crippen molar-refractivity contribution in [3.63, 3.8) is 0 Å². The minimum atomic E-state index is -0.689. The Kier molecular flexibility index (Phi) is 5.29. The fourth-order valence-corrected chi connectivity index (χ4v) is 4.05. The first-order valence-corrected chi connectivity index (χ1v) is 9.23. The first-order chi connectivity index (χ1) is 11.9. The third-order valence-electron chi connectivity index (χ3n) is 5.61. The third kappa shape index (κ3) is 4.12. The van der Waals surface area contributed by atoms with Crippen LogP contribution in [-0.2, 0) is 4.79 Å². The van der Waals surface area contributed by atoms with Gasteiger partial charge in [0, 0.05) is 52.9 Å². The number of carbonyl (C=O) groups excluding carboxylic acids is 1. The molecule has 0 aromatic carbocycles. The molecule has 1 amide bonds. The zero-order valence-electron chi connectivity index (χ0n) is 15.6. The Morgan fingerprint density at radius 2 is 2.08 bits per heavy atom. The van der Waals surface area contributed by atoms with Crippen molar-refractivity contribution in [1.29, 1.82) is 0 Å². The van der Waals surface area contributed by atoms with Crippen LogP contribution in [0.15, 0.2) is 18.3 Å². The van der Waals surface area contributed by atoms with Crippen LogP contribution in [0.2, 0.25) is 0 Å². The van der Waals surface area contributed by atoms with Gasteiger partial charge in [0.15, 0.2) is 0 Å². The summed E-state index contributed by atoms with van der Waals surface area (Å²) in [5.74, 6) is 1.08.